The van der Waals surface area contributed by atoms with Crippen LogP contribution in [0.2, 0.25) is 0 Å². The van der Waals surface area contributed by atoms with E-state index >= 15 is 0 Å². The van der Waals surface area contributed by atoms with Gasteiger partial charge in [-0.25, -0.2) is 4.79 Å². The zero-order valence-corrected chi connectivity index (χ0v) is 28.5. The van der Waals surface area contributed by atoms with E-state index in [2.05, 4.69) is 33.8 Å². The summed E-state index contributed by atoms with van der Waals surface area (Å²) in [6.07, 6.45) is 4.17. The van der Waals surface area contributed by atoms with Crippen molar-refractivity contribution in [2.24, 2.45) is 39.9 Å². The van der Waals surface area contributed by atoms with Crippen LogP contribution in [0.25, 0.3) is 0 Å². The van der Waals surface area contributed by atoms with Crippen LogP contribution in [-0.2, 0) is 25.5 Å². The fourth-order valence-corrected chi connectivity index (χ4v) is 10.7. The zero-order valence-electron chi connectivity index (χ0n) is 28.5. The molecule has 2 bridgehead atoms. The Morgan fingerprint density at radius 1 is 1.13 bits per heavy atom. The zero-order chi connectivity index (χ0) is 32.5. The maximum atomic E-state index is 14.2. The summed E-state index contributed by atoms with van der Waals surface area (Å²) in [5.41, 5.74) is 0.491. The van der Waals surface area contributed by atoms with Crippen LogP contribution in [0, 0.1) is 53.8 Å². The number of hydrogen-bond acceptors (Lipinski definition) is 8. The van der Waals surface area contributed by atoms with E-state index in [4.69, 9.17) is 24.0 Å². The number of aromatic nitrogens is 2. The molecule has 4 aliphatic carbocycles. The van der Waals surface area contributed by atoms with Gasteiger partial charge in [0.2, 0.25) is 0 Å². The number of esters is 1. The van der Waals surface area contributed by atoms with Gasteiger partial charge in [-0.3, -0.25) is 4.68 Å². The third-order valence-corrected chi connectivity index (χ3v) is 13.3. The lowest BCUT2D eigenvalue weighted by atomic mass is 9.57. The number of nitrogens with zero attached hydrogens (tertiary/aromatic N) is 2. The quantitative estimate of drug-likeness (QED) is 0.360. The first kappa shape index (κ1) is 31.6. The number of carbonyl (C=O) groups is 1. The lowest BCUT2D eigenvalue weighted by Crippen LogP contribution is -2.69. The Morgan fingerprint density at radius 3 is 2.51 bits per heavy atom. The van der Waals surface area contributed by atoms with Crippen LogP contribution in [0.4, 0.5) is 0 Å². The molecule has 9 nitrogen and oxygen atoms in total. The van der Waals surface area contributed by atoms with Gasteiger partial charge in [-0.15, -0.1) is 0 Å². The third-order valence-electron chi connectivity index (χ3n) is 13.3. The van der Waals surface area contributed by atoms with Gasteiger partial charge in [-0.2, -0.15) is 5.10 Å². The van der Waals surface area contributed by atoms with Crippen LogP contribution >= 0.6 is 0 Å². The summed E-state index contributed by atoms with van der Waals surface area (Å²) in [6.45, 7) is 20.9. The number of fused-ring (bicyclic) bond motifs is 5. The molecule has 6 aliphatic rings. The molecular formula is C36H52N2O7. The van der Waals surface area contributed by atoms with Crippen molar-refractivity contribution in [1.29, 1.82) is 0 Å². The molecule has 0 radical (unpaired) electrons. The number of aliphatic hydroxyl groups is 2. The van der Waals surface area contributed by atoms with Crippen LogP contribution in [0.15, 0.2) is 23.3 Å². The first-order valence-electron chi connectivity index (χ1n) is 16.9. The van der Waals surface area contributed by atoms with E-state index in [1.54, 1.807) is 0 Å². The van der Waals surface area contributed by atoms with Crippen molar-refractivity contribution in [2.45, 2.75) is 118 Å². The van der Waals surface area contributed by atoms with Gasteiger partial charge < -0.3 is 29.2 Å². The highest BCUT2D eigenvalue weighted by molar-refractivity contribution is 5.92. The van der Waals surface area contributed by atoms with Crippen molar-refractivity contribution in [2.75, 3.05) is 19.8 Å². The number of ether oxygens (including phenoxy) is 4. The molecular weight excluding hydrogens is 572 g/mol. The minimum atomic E-state index is -1.76. The second-order valence-corrected chi connectivity index (χ2v) is 16.4. The average molecular weight is 625 g/mol. The highest BCUT2D eigenvalue weighted by Gasteiger charge is 2.80. The van der Waals surface area contributed by atoms with Crippen molar-refractivity contribution in [3.8, 4) is 0 Å². The normalized spacial score (nSPS) is 43.2. The minimum absolute atomic E-state index is 0.00814. The van der Waals surface area contributed by atoms with E-state index in [1.165, 1.54) is 0 Å². The SMILES string of the molecule is CC1=C[C@]23C(O)[C@@H](C=C4COC(C)(C)O[C@H]4[C@]2(O)[C@H]1OC(=O)c1c(C)nn(CC2CCOCC2)c1C)[C@H]1C(C)(C)C1(C)C[C@H]3C. The molecule has 9 atom stereocenters. The van der Waals surface area contributed by atoms with E-state index in [-0.39, 0.29) is 35.2 Å². The molecule has 248 valence electrons. The summed E-state index contributed by atoms with van der Waals surface area (Å²) >= 11 is 0. The summed E-state index contributed by atoms with van der Waals surface area (Å²) < 4.78 is 26.7. The summed E-state index contributed by atoms with van der Waals surface area (Å²) in [5, 5.41) is 30.8. The van der Waals surface area contributed by atoms with Crippen LogP contribution < -0.4 is 0 Å². The van der Waals surface area contributed by atoms with Crippen molar-refractivity contribution in [3.63, 3.8) is 0 Å². The lowest BCUT2D eigenvalue weighted by Gasteiger charge is -2.55. The fraction of sp³-hybridized carbons (Fsp3) is 0.778. The predicted molar refractivity (Wildman–Crippen MR) is 167 cm³/mol. The van der Waals surface area contributed by atoms with Crippen molar-refractivity contribution < 1.29 is 34.0 Å². The maximum absolute atomic E-state index is 14.2. The molecule has 7 rings (SSSR count). The number of aryl methyl sites for hydroxylation is 1. The minimum Gasteiger partial charge on any atom is -0.451 e. The van der Waals surface area contributed by atoms with Gasteiger partial charge in [-0.05, 0) is 93.6 Å². The van der Waals surface area contributed by atoms with Gasteiger partial charge in [0.25, 0.3) is 0 Å². The number of carbonyl (C=O) groups excluding carboxylic acids is 1. The highest BCUT2D eigenvalue weighted by atomic mass is 16.7. The molecule has 4 fully saturated rings. The molecule has 3 heterocycles. The number of aliphatic hydroxyl groups excluding tert-OH is 1. The van der Waals surface area contributed by atoms with Gasteiger partial charge in [0, 0.05) is 25.7 Å². The first-order chi connectivity index (χ1) is 21.0. The van der Waals surface area contributed by atoms with Crippen molar-refractivity contribution in [3.05, 3.63) is 40.2 Å². The van der Waals surface area contributed by atoms with E-state index in [9.17, 15) is 15.0 Å². The van der Waals surface area contributed by atoms with Gasteiger partial charge >= 0.3 is 5.97 Å². The predicted octanol–water partition coefficient (Wildman–Crippen LogP) is 4.90. The second kappa shape index (κ2) is 9.99. The lowest BCUT2D eigenvalue weighted by molar-refractivity contribution is -0.312. The Kier molecular flexibility index (Phi) is 7.00. The Labute approximate surface area is 267 Å². The smallest absolute Gasteiger partial charge is 0.342 e. The molecule has 2 saturated heterocycles. The second-order valence-electron chi connectivity index (χ2n) is 16.4. The van der Waals surface area contributed by atoms with Crippen LogP contribution in [0.1, 0.15) is 89.5 Å². The summed E-state index contributed by atoms with van der Waals surface area (Å²) in [4.78, 5) is 14.2. The number of rotatable bonds is 4. The molecule has 2 N–H and O–H groups in total. The van der Waals surface area contributed by atoms with Gasteiger partial charge in [0.05, 0.1) is 29.5 Å². The monoisotopic (exact) mass is 624 g/mol. The van der Waals surface area contributed by atoms with Gasteiger partial charge in [0.1, 0.15) is 17.3 Å². The molecule has 0 amide bonds. The standard InChI is InChI=1S/C36H52N2O7/c1-19-15-35-20(2)16-34(9)27(32(34,5)6)25(28(35)39)14-24-18-43-33(7,8)45-30(24)36(35,41)29(19)44-31(40)26-21(3)37-38(22(26)4)17-23-10-12-42-13-11-23/h14-15,20,23,25,27-30,39,41H,10-13,16-18H2,1-9H3/t20-,25+,27+,28?,29+,30-,34?,35+,36-/m1/s1. The molecule has 9 heteroatoms. The van der Waals surface area contributed by atoms with Crippen molar-refractivity contribution >= 4 is 5.97 Å². The van der Waals surface area contributed by atoms with Gasteiger partial charge in [0.15, 0.2) is 11.9 Å². The van der Waals surface area contributed by atoms with E-state index in [1.807, 2.05) is 45.4 Å². The Morgan fingerprint density at radius 2 is 1.82 bits per heavy atom. The third kappa shape index (κ3) is 4.16. The molecule has 1 spiro atoms. The van der Waals surface area contributed by atoms with Crippen LogP contribution in [-0.4, -0.2) is 75.5 Å². The maximum Gasteiger partial charge on any atom is 0.342 e. The van der Waals surface area contributed by atoms with E-state index in [0.29, 0.717) is 17.2 Å². The van der Waals surface area contributed by atoms with Crippen molar-refractivity contribution in [1.82, 2.24) is 9.78 Å². The van der Waals surface area contributed by atoms with E-state index in [0.717, 1.165) is 55.9 Å². The molecule has 45 heavy (non-hydrogen) atoms. The molecule has 2 unspecified atom stereocenters. The average Bonchev–Trinajstić information content (AvgIpc) is 3.15. The summed E-state index contributed by atoms with van der Waals surface area (Å²) in [6, 6.07) is 0. The van der Waals surface area contributed by atoms with Crippen LogP contribution in [0.5, 0.6) is 0 Å². The Bertz CT molecular complexity index is 1470. The largest absolute Gasteiger partial charge is 0.451 e. The molecule has 1 aromatic heterocycles. The first-order valence-corrected chi connectivity index (χ1v) is 16.9. The van der Waals surface area contributed by atoms with Crippen LogP contribution in [0.3, 0.4) is 0 Å². The fourth-order valence-electron chi connectivity index (χ4n) is 10.7. The Balaban J connectivity index is 1.30. The number of hydrogen-bond donors (Lipinski definition) is 2. The highest BCUT2D eigenvalue weighted by Crippen LogP contribution is 2.79. The molecule has 2 aliphatic heterocycles. The summed E-state index contributed by atoms with van der Waals surface area (Å²) in [5.74, 6) is -1.15. The summed E-state index contributed by atoms with van der Waals surface area (Å²) in [7, 11) is 0. The molecule has 1 aromatic rings. The molecule has 0 aromatic carbocycles. The topological polar surface area (TPSA) is 112 Å². The molecule has 2 saturated carbocycles. The Hall–Kier alpha value is -2.04. The van der Waals surface area contributed by atoms with Gasteiger partial charge in [-0.1, -0.05) is 39.8 Å². The van der Waals surface area contributed by atoms with E-state index < -0.39 is 41.1 Å².